The van der Waals surface area contributed by atoms with E-state index >= 15 is 0 Å². The lowest BCUT2D eigenvalue weighted by Gasteiger charge is -2.19. The van der Waals surface area contributed by atoms with Gasteiger partial charge in [0.2, 0.25) is 0 Å². The van der Waals surface area contributed by atoms with Crippen LogP contribution in [0, 0.1) is 0 Å². The summed E-state index contributed by atoms with van der Waals surface area (Å²) >= 11 is 0. The predicted molar refractivity (Wildman–Crippen MR) is 91.4 cm³/mol. The van der Waals surface area contributed by atoms with Crippen molar-refractivity contribution >= 4 is 18.3 Å². The van der Waals surface area contributed by atoms with Crippen LogP contribution < -0.4 is 5.32 Å². The van der Waals surface area contributed by atoms with Gasteiger partial charge in [-0.1, -0.05) is 24.3 Å². The molecule has 0 saturated carbocycles. The summed E-state index contributed by atoms with van der Waals surface area (Å²) < 4.78 is 0. The second-order valence-corrected chi connectivity index (χ2v) is 5.03. The standard InChI is InChI=1S/C17H21N3O.ClH/c1-18-11-9-15-7-3-4-8-16(15)17(21)20(2)13-14-6-5-10-19-12-14;/h3-8,10,12,18H,9,11,13H2,1-2H3;1H. The average Bonchev–Trinajstić information content (AvgIpc) is 2.53. The third-order valence-electron chi connectivity index (χ3n) is 3.38. The monoisotopic (exact) mass is 319 g/mol. The van der Waals surface area contributed by atoms with Crippen molar-refractivity contribution in [3.8, 4) is 0 Å². The van der Waals surface area contributed by atoms with Gasteiger partial charge in [0.15, 0.2) is 0 Å². The van der Waals surface area contributed by atoms with Crippen LogP contribution in [0.15, 0.2) is 48.8 Å². The number of nitrogens with one attached hydrogen (secondary N) is 1. The number of hydrogen-bond acceptors (Lipinski definition) is 3. The summed E-state index contributed by atoms with van der Waals surface area (Å²) in [7, 11) is 3.74. The number of aromatic nitrogens is 1. The molecule has 0 fully saturated rings. The first kappa shape index (κ1) is 18.1. The largest absolute Gasteiger partial charge is 0.337 e. The van der Waals surface area contributed by atoms with E-state index in [1.807, 2.05) is 50.5 Å². The molecule has 0 unspecified atom stereocenters. The van der Waals surface area contributed by atoms with Crippen LogP contribution in [-0.4, -0.2) is 36.4 Å². The SMILES string of the molecule is CNCCc1ccccc1C(=O)N(C)Cc1cccnc1.Cl. The second-order valence-electron chi connectivity index (χ2n) is 5.03. The Morgan fingerprint density at radius 1 is 1.23 bits per heavy atom. The lowest BCUT2D eigenvalue weighted by Crippen LogP contribution is -2.27. The molecule has 0 radical (unpaired) electrons. The number of halogens is 1. The minimum Gasteiger partial charge on any atom is -0.337 e. The molecule has 2 rings (SSSR count). The molecule has 0 bridgehead atoms. The van der Waals surface area contributed by atoms with Crippen molar-refractivity contribution in [3.63, 3.8) is 0 Å². The lowest BCUT2D eigenvalue weighted by molar-refractivity contribution is 0.0784. The molecule has 1 N–H and O–H groups in total. The van der Waals surface area contributed by atoms with Crippen LogP contribution in [0.25, 0.3) is 0 Å². The Kier molecular flexibility index (Phi) is 7.57. The highest BCUT2D eigenvalue weighted by atomic mass is 35.5. The summed E-state index contributed by atoms with van der Waals surface area (Å²) in [5, 5.41) is 3.12. The normalized spacial score (nSPS) is 9.91. The highest BCUT2D eigenvalue weighted by molar-refractivity contribution is 5.95. The molecule has 0 spiro atoms. The number of amides is 1. The summed E-state index contributed by atoms with van der Waals surface area (Å²) in [5.74, 6) is 0.0468. The molecule has 1 heterocycles. The van der Waals surface area contributed by atoms with Crippen molar-refractivity contribution in [2.24, 2.45) is 0 Å². The van der Waals surface area contributed by atoms with Gasteiger partial charge in [-0.15, -0.1) is 12.4 Å². The number of carbonyl (C=O) groups is 1. The first-order valence-electron chi connectivity index (χ1n) is 7.09. The van der Waals surface area contributed by atoms with E-state index in [4.69, 9.17) is 0 Å². The van der Waals surface area contributed by atoms with Crippen LogP contribution in [0.2, 0.25) is 0 Å². The first-order chi connectivity index (χ1) is 10.2. The van der Waals surface area contributed by atoms with E-state index < -0.39 is 0 Å². The number of pyridine rings is 1. The second kappa shape index (κ2) is 9.18. The van der Waals surface area contributed by atoms with Crippen LogP contribution in [0.1, 0.15) is 21.5 Å². The Morgan fingerprint density at radius 3 is 2.68 bits per heavy atom. The van der Waals surface area contributed by atoms with Crippen molar-refractivity contribution < 1.29 is 4.79 Å². The molecule has 0 aliphatic carbocycles. The Hall–Kier alpha value is -1.91. The van der Waals surface area contributed by atoms with Crippen molar-refractivity contribution in [1.29, 1.82) is 0 Å². The minimum absolute atomic E-state index is 0. The Bertz CT molecular complexity index is 589. The van der Waals surface area contributed by atoms with Crippen LogP contribution >= 0.6 is 12.4 Å². The summed E-state index contributed by atoms with van der Waals surface area (Å²) in [5.41, 5.74) is 2.88. The van der Waals surface area contributed by atoms with Crippen molar-refractivity contribution in [2.45, 2.75) is 13.0 Å². The van der Waals surface area contributed by atoms with Crippen LogP contribution in [-0.2, 0) is 13.0 Å². The topological polar surface area (TPSA) is 45.2 Å². The van der Waals surface area contributed by atoms with Gasteiger partial charge < -0.3 is 10.2 Å². The molecule has 4 nitrogen and oxygen atoms in total. The smallest absolute Gasteiger partial charge is 0.254 e. The summed E-state index contributed by atoms with van der Waals surface area (Å²) in [4.78, 5) is 18.4. The molecule has 1 aromatic carbocycles. The van der Waals surface area contributed by atoms with E-state index in [-0.39, 0.29) is 18.3 Å². The number of hydrogen-bond donors (Lipinski definition) is 1. The van der Waals surface area contributed by atoms with Crippen molar-refractivity contribution in [3.05, 3.63) is 65.5 Å². The van der Waals surface area contributed by atoms with E-state index in [0.29, 0.717) is 6.54 Å². The van der Waals surface area contributed by atoms with Gasteiger partial charge in [0.25, 0.3) is 5.91 Å². The van der Waals surface area contributed by atoms with Gasteiger partial charge in [0, 0.05) is 31.5 Å². The zero-order valence-corrected chi connectivity index (χ0v) is 13.8. The number of rotatable bonds is 6. The van der Waals surface area contributed by atoms with E-state index in [1.165, 1.54) is 0 Å². The average molecular weight is 320 g/mol. The number of nitrogens with zero attached hydrogens (tertiary/aromatic N) is 2. The van der Waals surface area contributed by atoms with Gasteiger partial charge in [0.05, 0.1) is 0 Å². The van der Waals surface area contributed by atoms with Crippen molar-refractivity contribution in [2.75, 3.05) is 20.6 Å². The van der Waals surface area contributed by atoms with Gasteiger partial charge in [-0.2, -0.15) is 0 Å². The molecule has 118 valence electrons. The Balaban J connectivity index is 0.00000242. The van der Waals surface area contributed by atoms with Gasteiger partial charge in [-0.3, -0.25) is 9.78 Å². The zero-order valence-electron chi connectivity index (χ0n) is 13.0. The quantitative estimate of drug-likeness (QED) is 0.890. The van der Waals surface area contributed by atoms with Gasteiger partial charge >= 0.3 is 0 Å². The van der Waals surface area contributed by atoms with Gasteiger partial charge in [-0.05, 0) is 43.3 Å². The minimum atomic E-state index is 0. The molecule has 22 heavy (non-hydrogen) atoms. The maximum Gasteiger partial charge on any atom is 0.254 e. The van der Waals surface area contributed by atoms with Crippen molar-refractivity contribution in [1.82, 2.24) is 15.2 Å². The van der Waals surface area contributed by atoms with E-state index in [1.54, 1.807) is 17.3 Å². The van der Waals surface area contributed by atoms with Gasteiger partial charge in [-0.25, -0.2) is 0 Å². The molecule has 5 heteroatoms. The van der Waals surface area contributed by atoms with E-state index in [0.717, 1.165) is 29.7 Å². The summed E-state index contributed by atoms with van der Waals surface area (Å²) in [6.45, 7) is 1.42. The zero-order chi connectivity index (χ0) is 15.1. The number of likely N-dealkylation sites (N-methyl/N-ethyl adjacent to an activating group) is 1. The third kappa shape index (κ3) is 4.83. The number of carbonyl (C=O) groups excluding carboxylic acids is 1. The highest BCUT2D eigenvalue weighted by Gasteiger charge is 2.15. The Labute approximate surface area is 138 Å². The maximum atomic E-state index is 12.6. The molecular formula is C17H22ClN3O. The lowest BCUT2D eigenvalue weighted by atomic mass is 10.0. The predicted octanol–water partition coefficient (Wildman–Crippen LogP) is 2.54. The van der Waals surface area contributed by atoms with E-state index in [9.17, 15) is 4.79 Å². The molecule has 1 amide bonds. The Morgan fingerprint density at radius 2 is 2.00 bits per heavy atom. The van der Waals surface area contributed by atoms with E-state index in [2.05, 4.69) is 10.3 Å². The van der Waals surface area contributed by atoms with Crippen LogP contribution in [0.4, 0.5) is 0 Å². The molecule has 0 atom stereocenters. The fraction of sp³-hybridized carbons (Fsp3) is 0.294. The summed E-state index contributed by atoms with van der Waals surface area (Å²) in [6.07, 6.45) is 4.37. The fourth-order valence-corrected chi connectivity index (χ4v) is 2.25. The first-order valence-corrected chi connectivity index (χ1v) is 7.09. The highest BCUT2D eigenvalue weighted by Crippen LogP contribution is 2.13. The number of benzene rings is 1. The van der Waals surface area contributed by atoms with Crippen LogP contribution in [0.3, 0.4) is 0 Å². The molecule has 0 aliphatic rings. The molecule has 0 saturated heterocycles. The van der Waals surface area contributed by atoms with Gasteiger partial charge in [0.1, 0.15) is 0 Å². The maximum absolute atomic E-state index is 12.6. The molecule has 0 aliphatic heterocycles. The summed E-state index contributed by atoms with van der Waals surface area (Å²) in [6, 6.07) is 11.7. The fourth-order valence-electron chi connectivity index (χ4n) is 2.25. The molecule has 1 aromatic heterocycles. The molecular weight excluding hydrogens is 298 g/mol. The third-order valence-corrected chi connectivity index (χ3v) is 3.38. The molecule has 2 aromatic rings. The van der Waals surface area contributed by atoms with Crippen LogP contribution in [0.5, 0.6) is 0 Å².